The van der Waals surface area contributed by atoms with Crippen molar-refractivity contribution in [1.29, 1.82) is 0 Å². The van der Waals surface area contributed by atoms with Crippen LogP contribution in [0.1, 0.15) is 23.1 Å². The van der Waals surface area contributed by atoms with E-state index >= 15 is 0 Å². The molecule has 0 bridgehead atoms. The number of furan rings is 1. The number of anilines is 1. The molecule has 0 fully saturated rings. The molecule has 4 heteroatoms. The van der Waals surface area contributed by atoms with Crippen LogP contribution in [0.4, 0.5) is 5.82 Å². The van der Waals surface area contributed by atoms with Gasteiger partial charge >= 0.3 is 0 Å². The Labute approximate surface area is 134 Å². The van der Waals surface area contributed by atoms with Gasteiger partial charge in [0.1, 0.15) is 17.6 Å². The van der Waals surface area contributed by atoms with E-state index in [9.17, 15) is 0 Å². The number of rotatable bonds is 4. The standard InChI is InChI=1S/C19H17N3O/c1-13-6-4-10-18(21-13)22-19(17-9-5-11-23-17)15-12-20-16-8-3-2-7-14(15)16/h2-12,19-20H,1H3,(H,21,22). The van der Waals surface area contributed by atoms with Gasteiger partial charge in [-0.1, -0.05) is 24.3 Å². The summed E-state index contributed by atoms with van der Waals surface area (Å²) in [5.74, 6) is 1.69. The first kappa shape index (κ1) is 13.6. The minimum Gasteiger partial charge on any atom is -0.467 e. The van der Waals surface area contributed by atoms with Crippen LogP contribution < -0.4 is 5.32 Å². The predicted octanol–water partition coefficient (Wildman–Crippen LogP) is 4.67. The second-order valence-corrected chi connectivity index (χ2v) is 5.55. The number of aromatic amines is 1. The third kappa shape index (κ3) is 2.59. The molecule has 1 atom stereocenters. The number of H-pyrrole nitrogens is 1. The molecular formula is C19H17N3O. The Morgan fingerprint density at radius 2 is 1.96 bits per heavy atom. The van der Waals surface area contributed by atoms with Crippen molar-refractivity contribution in [2.75, 3.05) is 5.32 Å². The highest BCUT2D eigenvalue weighted by atomic mass is 16.3. The molecular weight excluding hydrogens is 286 g/mol. The second kappa shape index (κ2) is 5.65. The Morgan fingerprint density at radius 3 is 2.78 bits per heavy atom. The maximum atomic E-state index is 5.67. The van der Waals surface area contributed by atoms with Crippen LogP contribution in [0.3, 0.4) is 0 Å². The normalized spacial score (nSPS) is 12.4. The van der Waals surface area contributed by atoms with Crippen molar-refractivity contribution in [2.45, 2.75) is 13.0 Å². The van der Waals surface area contributed by atoms with E-state index in [0.717, 1.165) is 28.4 Å². The van der Waals surface area contributed by atoms with Gasteiger partial charge in [0.05, 0.1) is 6.26 Å². The summed E-state index contributed by atoms with van der Waals surface area (Å²) >= 11 is 0. The molecule has 0 spiro atoms. The Balaban J connectivity index is 1.80. The Morgan fingerprint density at radius 1 is 1.04 bits per heavy atom. The van der Waals surface area contributed by atoms with E-state index in [2.05, 4.69) is 27.4 Å². The van der Waals surface area contributed by atoms with Crippen LogP contribution in [-0.2, 0) is 0 Å². The van der Waals surface area contributed by atoms with Crippen LogP contribution in [0.25, 0.3) is 10.9 Å². The number of hydrogen-bond donors (Lipinski definition) is 2. The highest BCUT2D eigenvalue weighted by Gasteiger charge is 2.20. The van der Waals surface area contributed by atoms with Crippen LogP contribution in [0.5, 0.6) is 0 Å². The quantitative estimate of drug-likeness (QED) is 0.576. The predicted molar refractivity (Wildman–Crippen MR) is 91.4 cm³/mol. The van der Waals surface area contributed by atoms with Crippen molar-refractivity contribution >= 4 is 16.7 Å². The molecule has 23 heavy (non-hydrogen) atoms. The molecule has 3 heterocycles. The van der Waals surface area contributed by atoms with Gasteiger partial charge in [-0.2, -0.15) is 0 Å². The highest BCUT2D eigenvalue weighted by molar-refractivity contribution is 5.84. The fourth-order valence-electron chi connectivity index (χ4n) is 2.86. The van der Waals surface area contributed by atoms with E-state index in [1.165, 1.54) is 5.39 Å². The van der Waals surface area contributed by atoms with Gasteiger partial charge in [0.15, 0.2) is 0 Å². The van der Waals surface area contributed by atoms with E-state index in [1.807, 2.05) is 55.6 Å². The molecule has 4 aromatic rings. The van der Waals surface area contributed by atoms with Crippen LogP contribution in [0.15, 0.2) is 71.5 Å². The Bertz CT molecular complexity index is 925. The molecule has 0 aliphatic heterocycles. The third-order valence-corrected chi connectivity index (χ3v) is 3.94. The molecule has 1 aromatic carbocycles. The summed E-state index contributed by atoms with van der Waals surface area (Å²) in [5.41, 5.74) is 3.23. The smallest absolute Gasteiger partial charge is 0.130 e. The second-order valence-electron chi connectivity index (χ2n) is 5.55. The van der Waals surface area contributed by atoms with Crippen LogP contribution in [-0.4, -0.2) is 9.97 Å². The van der Waals surface area contributed by atoms with E-state index < -0.39 is 0 Å². The fraction of sp³-hybridized carbons (Fsp3) is 0.105. The first-order valence-electron chi connectivity index (χ1n) is 7.61. The number of aromatic nitrogens is 2. The molecule has 0 saturated heterocycles. The van der Waals surface area contributed by atoms with Gasteiger partial charge < -0.3 is 14.7 Å². The van der Waals surface area contributed by atoms with Gasteiger partial charge in [-0.05, 0) is 37.3 Å². The van der Waals surface area contributed by atoms with Gasteiger partial charge in [0.2, 0.25) is 0 Å². The number of benzene rings is 1. The summed E-state index contributed by atoms with van der Waals surface area (Å²) < 4.78 is 5.67. The maximum absolute atomic E-state index is 5.67. The SMILES string of the molecule is Cc1cccc(NC(c2ccco2)c2c[nH]c3ccccc23)n1. The summed E-state index contributed by atoms with van der Waals surface area (Å²) in [5, 5.41) is 4.67. The molecule has 0 saturated carbocycles. The van der Waals surface area contributed by atoms with Crippen molar-refractivity contribution < 1.29 is 4.42 Å². The van der Waals surface area contributed by atoms with Crippen LogP contribution in [0, 0.1) is 6.92 Å². The number of nitrogens with zero attached hydrogens (tertiary/aromatic N) is 1. The number of pyridine rings is 1. The van der Waals surface area contributed by atoms with Crippen molar-refractivity contribution in [2.24, 2.45) is 0 Å². The number of para-hydroxylation sites is 1. The number of hydrogen-bond acceptors (Lipinski definition) is 3. The van der Waals surface area contributed by atoms with Crippen molar-refractivity contribution in [3.8, 4) is 0 Å². The average molecular weight is 303 g/mol. The Kier molecular flexibility index (Phi) is 3.35. The van der Waals surface area contributed by atoms with Gasteiger partial charge in [-0.15, -0.1) is 0 Å². The van der Waals surface area contributed by atoms with Crippen LogP contribution >= 0.6 is 0 Å². The zero-order chi connectivity index (χ0) is 15.6. The molecule has 1 unspecified atom stereocenters. The first-order chi connectivity index (χ1) is 11.3. The van der Waals surface area contributed by atoms with Gasteiger partial charge in [-0.25, -0.2) is 4.98 Å². The molecule has 0 aliphatic rings. The number of nitrogens with one attached hydrogen (secondary N) is 2. The van der Waals surface area contributed by atoms with Crippen LogP contribution in [0.2, 0.25) is 0 Å². The van der Waals surface area contributed by atoms with Crippen molar-refractivity contribution in [3.05, 3.63) is 84.1 Å². The summed E-state index contributed by atoms with van der Waals surface area (Å²) in [7, 11) is 0. The summed E-state index contributed by atoms with van der Waals surface area (Å²) in [6.45, 7) is 1.98. The van der Waals surface area contributed by atoms with E-state index in [0.29, 0.717) is 0 Å². The minimum absolute atomic E-state index is 0.101. The first-order valence-corrected chi connectivity index (χ1v) is 7.61. The molecule has 4 nitrogen and oxygen atoms in total. The lowest BCUT2D eigenvalue weighted by atomic mass is 10.0. The zero-order valence-electron chi connectivity index (χ0n) is 12.8. The van der Waals surface area contributed by atoms with Crippen molar-refractivity contribution in [3.63, 3.8) is 0 Å². The molecule has 2 N–H and O–H groups in total. The maximum Gasteiger partial charge on any atom is 0.130 e. The molecule has 0 aliphatic carbocycles. The lowest BCUT2D eigenvalue weighted by molar-refractivity contribution is 0.499. The molecule has 0 amide bonds. The van der Waals surface area contributed by atoms with Gasteiger partial charge in [0.25, 0.3) is 0 Å². The summed E-state index contributed by atoms with van der Waals surface area (Å²) in [6.07, 6.45) is 3.73. The van der Waals surface area contributed by atoms with Gasteiger partial charge in [0, 0.05) is 28.4 Å². The fourth-order valence-corrected chi connectivity index (χ4v) is 2.86. The zero-order valence-corrected chi connectivity index (χ0v) is 12.8. The molecule has 4 rings (SSSR count). The number of fused-ring (bicyclic) bond motifs is 1. The largest absolute Gasteiger partial charge is 0.467 e. The lowest BCUT2D eigenvalue weighted by Gasteiger charge is -2.17. The monoisotopic (exact) mass is 303 g/mol. The molecule has 0 radical (unpaired) electrons. The topological polar surface area (TPSA) is 53.9 Å². The highest BCUT2D eigenvalue weighted by Crippen LogP contribution is 2.31. The molecule has 114 valence electrons. The summed E-state index contributed by atoms with van der Waals surface area (Å²) in [4.78, 5) is 7.88. The number of aryl methyl sites for hydroxylation is 1. The lowest BCUT2D eigenvalue weighted by Crippen LogP contribution is -2.12. The van der Waals surface area contributed by atoms with Gasteiger partial charge in [-0.3, -0.25) is 0 Å². The molecule has 3 aromatic heterocycles. The summed E-state index contributed by atoms with van der Waals surface area (Å²) in [6, 6.07) is 18.0. The van der Waals surface area contributed by atoms with E-state index in [4.69, 9.17) is 4.42 Å². The Hall–Kier alpha value is -3.01. The van der Waals surface area contributed by atoms with E-state index in [-0.39, 0.29) is 6.04 Å². The average Bonchev–Trinajstić information content (AvgIpc) is 3.23. The minimum atomic E-state index is -0.101. The van der Waals surface area contributed by atoms with Crippen molar-refractivity contribution in [1.82, 2.24) is 9.97 Å². The van der Waals surface area contributed by atoms with E-state index in [1.54, 1.807) is 6.26 Å². The third-order valence-electron chi connectivity index (χ3n) is 3.94.